The largest absolute Gasteiger partial charge is 0.327 e. The summed E-state index contributed by atoms with van der Waals surface area (Å²) in [6, 6.07) is 10.5. The molecule has 1 nitrogen and oxygen atoms in total. The van der Waals surface area contributed by atoms with Crippen molar-refractivity contribution < 1.29 is 8.78 Å². The smallest absolute Gasteiger partial charge is 0.126 e. The molecule has 0 spiro atoms. The van der Waals surface area contributed by atoms with Gasteiger partial charge < -0.3 is 5.73 Å². The van der Waals surface area contributed by atoms with Gasteiger partial charge in [-0.3, -0.25) is 0 Å². The Hall–Kier alpha value is -1.45. The van der Waals surface area contributed by atoms with Crippen LogP contribution in [-0.4, -0.2) is 6.04 Å². The zero-order valence-corrected chi connectivity index (χ0v) is 11.0. The second-order valence-corrected chi connectivity index (χ2v) is 4.93. The molecule has 0 saturated carbocycles. The summed E-state index contributed by atoms with van der Waals surface area (Å²) in [5.41, 5.74) is 6.94. The maximum atomic E-state index is 13.6. The van der Waals surface area contributed by atoms with E-state index in [4.69, 9.17) is 17.3 Å². The highest BCUT2D eigenvalue weighted by Gasteiger charge is 2.11. The van der Waals surface area contributed by atoms with Crippen LogP contribution in [0.1, 0.15) is 11.1 Å². The highest BCUT2D eigenvalue weighted by Crippen LogP contribution is 2.17. The highest BCUT2D eigenvalue weighted by molar-refractivity contribution is 6.30. The average molecular weight is 282 g/mol. The Balaban J connectivity index is 2.07. The summed E-state index contributed by atoms with van der Waals surface area (Å²) in [4.78, 5) is 0. The molecule has 1 unspecified atom stereocenters. The van der Waals surface area contributed by atoms with Crippen LogP contribution in [-0.2, 0) is 12.8 Å². The van der Waals surface area contributed by atoms with Crippen molar-refractivity contribution in [2.75, 3.05) is 0 Å². The first-order valence-corrected chi connectivity index (χ1v) is 6.37. The minimum Gasteiger partial charge on any atom is -0.327 e. The average Bonchev–Trinajstić information content (AvgIpc) is 2.37. The van der Waals surface area contributed by atoms with Crippen molar-refractivity contribution in [2.45, 2.75) is 18.9 Å². The molecule has 2 N–H and O–H groups in total. The molecule has 0 bridgehead atoms. The standard InChI is InChI=1S/C15H14ClF2N/c16-12-5-6-15(18)11(7-12)9-13(19)8-10-3-1-2-4-14(10)17/h1-7,13H,8-9,19H2. The van der Waals surface area contributed by atoms with Crippen LogP contribution in [0.5, 0.6) is 0 Å². The van der Waals surface area contributed by atoms with Crippen LogP contribution in [0.25, 0.3) is 0 Å². The third-order valence-corrected chi connectivity index (χ3v) is 3.16. The maximum absolute atomic E-state index is 13.6. The van der Waals surface area contributed by atoms with Crippen LogP contribution in [0.2, 0.25) is 5.02 Å². The van der Waals surface area contributed by atoms with E-state index in [2.05, 4.69) is 0 Å². The van der Waals surface area contributed by atoms with E-state index < -0.39 is 0 Å². The van der Waals surface area contributed by atoms with Crippen LogP contribution in [0.3, 0.4) is 0 Å². The second kappa shape index (κ2) is 6.13. The molecule has 0 aliphatic rings. The van der Waals surface area contributed by atoms with Crippen LogP contribution in [0, 0.1) is 11.6 Å². The molecule has 2 aromatic carbocycles. The lowest BCUT2D eigenvalue weighted by molar-refractivity contribution is 0.565. The van der Waals surface area contributed by atoms with Crippen molar-refractivity contribution in [3.8, 4) is 0 Å². The summed E-state index contributed by atoms with van der Waals surface area (Å²) in [7, 11) is 0. The fraction of sp³-hybridized carbons (Fsp3) is 0.200. The van der Waals surface area contributed by atoms with Crippen molar-refractivity contribution in [3.63, 3.8) is 0 Å². The molecule has 1 atom stereocenters. The molecule has 0 radical (unpaired) electrons. The van der Waals surface area contributed by atoms with Gasteiger partial charge in [-0.15, -0.1) is 0 Å². The number of halogens is 3. The van der Waals surface area contributed by atoms with E-state index in [1.54, 1.807) is 24.3 Å². The Labute approximate surface area is 116 Å². The first-order valence-electron chi connectivity index (χ1n) is 5.99. The monoisotopic (exact) mass is 281 g/mol. The van der Waals surface area contributed by atoms with Gasteiger partial charge in [0.25, 0.3) is 0 Å². The van der Waals surface area contributed by atoms with E-state index in [0.717, 1.165) is 0 Å². The fourth-order valence-electron chi connectivity index (χ4n) is 2.00. The summed E-state index contributed by atoms with van der Waals surface area (Å²) in [6.45, 7) is 0. The van der Waals surface area contributed by atoms with E-state index >= 15 is 0 Å². The van der Waals surface area contributed by atoms with Crippen molar-refractivity contribution >= 4 is 11.6 Å². The molecule has 0 heterocycles. The zero-order chi connectivity index (χ0) is 13.8. The number of nitrogens with two attached hydrogens (primary N) is 1. The second-order valence-electron chi connectivity index (χ2n) is 4.50. The minimum atomic E-state index is -0.357. The summed E-state index contributed by atoms with van der Waals surface area (Å²) >= 11 is 5.82. The Morgan fingerprint density at radius 3 is 2.32 bits per heavy atom. The Kier molecular flexibility index (Phi) is 4.51. The lowest BCUT2D eigenvalue weighted by Gasteiger charge is -2.13. The van der Waals surface area contributed by atoms with E-state index in [9.17, 15) is 8.78 Å². The van der Waals surface area contributed by atoms with Crippen molar-refractivity contribution in [2.24, 2.45) is 5.73 Å². The third kappa shape index (κ3) is 3.75. The van der Waals surface area contributed by atoms with Gasteiger partial charge in [0.15, 0.2) is 0 Å². The normalized spacial score (nSPS) is 12.4. The quantitative estimate of drug-likeness (QED) is 0.908. The van der Waals surface area contributed by atoms with Crippen molar-refractivity contribution in [1.82, 2.24) is 0 Å². The fourth-order valence-corrected chi connectivity index (χ4v) is 2.20. The first-order chi connectivity index (χ1) is 9.06. The molecule has 0 fully saturated rings. The number of hydrogen-bond acceptors (Lipinski definition) is 1. The van der Waals surface area contributed by atoms with Gasteiger partial charge in [-0.1, -0.05) is 29.8 Å². The molecule has 19 heavy (non-hydrogen) atoms. The van der Waals surface area contributed by atoms with Gasteiger partial charge >= 0.3 is 0 Å². The predicted molar refractivity (Wildman–Crippen MR) is 73.2 cm³/mol. The van der Waals surface area contributed by atoms with Gasteiger partial charge in [0, 0.05) is 11.1 Å². The maximum Gasteiger partial charge on any atom is 0.126 e. The number of benzene rings is 2. The summed E-state index contributed by atoms with van der Waals surface area (Å²) < 4.78 is 27.0. The van der Waals surface area contributed by atoms with E-state index in [1.165, 1.54) is 18.2 Å². The van der Waals surface area contributed by atoms with Crippen LogP contribution >= 0.6 is 11.6 Å². The lowest BCUT2D eigenvalue weighted by atomic mass is 9.99. The Bertz CT molecular complexity index is 572. The van der Waals surface area contributed by atoms with Gasteiger partial charge in [0.05, 0.1) is 0 Å². The van der Waals surface area contributed by atoms with Gasteiger partial charge in [-0.25, -0.2) is 8.78 Å². The molecular formula is C15H14ClF2N. The van der Waals surface area contributed by atoms with Gasteiger partial charge in [-0.05, 0) is 48.2 Å². The summed E-state index contributed by atoms with van der Waals surface area (Å²) in [6.07, 6.45) is 0.680. The molecule has 4 heteroatoms. The van der Waals surface area contributed by atoms with Gasteiger partial charge in [0.1, 0.15) is 11.6 Å². The molecule has 0 aromatic heterocycles. The molecular weight excluding hydrogens is 268 g/mol. The molecule has 100 valence electrons. The molecule has 0 aliphatic heterocycles. The van der Waals surface area contributed by atoms with E-state index in [0.29, 0.717) is 29.0 Å². The molecule has 0 saturated heterocycles. The van der Waals surface area contributed by atoms with Crippen molar-refractivity contribution in [3.05, 3.63) is 70.2 Å². The topological polar surface area (TPSA) is 26.0 Å². The van der Waals surface area contributed by atoms with Gasteiger partial charge in [-0.2, -0.15) is 0 Å². The first kappa shape index (κ1) is 14.0. The van der Waals surface area contributed by atoms with Crippen LogP contribution in [0.4, 0.5) is 8.78 Å². The highest BCUT2D eigenvalue weighted by atomic mass is 35.5. The number of hydrogen-bond donors (Lipinski definition) is 1. The zero-order valence-electron chi connectivity index (χ0n) is 10.2. The van der Waals surface area contributed by atoms with E-state index in [-0.39, 0.29) is 17.7 Å². The van der Waals surface area contributed by atoms with Crippen molar-refractivity contribution in [1.29, 1.82) is 0 Å². The Morgan fingerprint density at radius 2 is 1.58 bits per heavy atom. The van der Waals surface area contributed by atoms with E-state index in [1.807, 2.05) is 0 Å². The predicted octanol–water partition coefficient (Wildman–Crippen LogP) is 3.73. The Morgan fingerprint density at radius 1 is 0.947 bits per heavy atom. The summed E-state index contributed by atoms with van der Waals surface area (Å²) in [5, 5.41) is 0.467. The summed E-state index contributed by atoms with van der Waals surface area (Å²) in [5.74, 6) is -0.627. The molecule has 0 amide bonds. The molecule has 2 rings (SSSR count). The number of rotatable bonds is 4. The lowest BCUT2D eigenvalue weighted by Crippen LogP contribution is -2.26. The van der Waals surface area contributed by atoms with Crippen LogP contribution in [0.15, 0.2) is 42.5 Å². The SMILES string of the molecule is NC(Cc1ccccc1F)Cc1cc(Cl)ccc1F. The van der Waals surface area contributed by atoms with Gasteiger partial charge in [0.2, 0.25) is 0 Å². The third-order valence-electron chi connectivity index (χ3n) is 2.93. The molecule has 2 aromatic rings. The minimum absolute atomic E-state index is 0.287. The molecule has 0 aliphatic carbocycles. The van der Waals surface area contributed by atoms with Crippen LogP contribution < -0.4 is 5.73 Å².